The van der Waals surface area contributed by atoms with Gasteiger partial charge in [-0.3, -0.25) is 0 Å². The zero-order chi connectivity index (χ0) is 17.1. The summed E-state index contributed by atoms with van der Waals surface area (Å²) >= 11 is 5.63. The predicted octanol–water partition coefficient (Wildman–Crippen LogP) is 5.49. The maximum Gasteiger partial charge on any atom is 0.111 e. The third-order valence-electron chi connectivity index (χ3n) is 5.82. The number of rotatable bonds is 3. The molecule has 0 aromatic heterocycles. The molecule has 0 bridgehead atoms. The maximum atomic E-state index is 5.63. The van der Waals surface area contributed by atoms with E-state index in [0.29, 0.717) is 0 Å². The molecule has 4 rings (SSSR count). The first kappa shape index (κ1) is 16.6. The second-order valence-corrected chi connectivity index (χ2v) is 7.78. The lowest BCUT2D eigenvalue weighted by Crippen LogP contribution is -2.42. The number of thiocarbonyl (C=S) groups is 1. The Labute approximate surface area is 156 Å². The standard InChI is InChI=1S/C22H26N2S/c25-22(18-9-2-1-3-10-18)23-20-12-6-7-13-21(20)24-15-14-17-8-4-5-11-19(17)16-24/h1-3,6-7,9-10,12-13,17,19H,4-5,8,11,14-16H2,(H,23,25)/t17-,19+/m0/s1. The van der Waals surface area contributed by atoms with Gasteiger partial charge in [0.1, 0.15) is 4.99 Å². The lowest BCUT2D eigenvalue weighted by atomic mass is 9.75. The van der Waals surface area contributed by atoms with Crippen LogP contribution in [0.3, 0.4) is 0 Å². The molecule has 25 heavy (non-hydrogen) atoms. The molecule has 2 nitrogen and oxygen atoms in total. The summed E-state index contributed by atoms with van der Waals surface area (Å²) in [5, 5.41) is 3.49. The highest BCUT2D eigenvalue weighted by Gasteiger charge is 2.31. The monoisotopic (exact) mass is 350 g/mol. The topological polar surface area (TPSA) is 15.3 Å². The highest BCUT2D eigenvalue weighted by Crippen LogP contribution is 2.39. The first-order valence-electron chi connectivity index (χ1n) is 9.51. The average molecular weight is 351 g/mol. The summed E-state index contributed by atoms with van der Waals surface area (Å²) in [4.78, 5) is 3.36. The van der Waals surface area contributed by atoms with Gasteiger partial charge < -0.3 is 10.2 Å². The molecule has 2 aliphatic rings. The summed E-state index contributed by atoms with van der Waals surface area (Å²) in [6.07, 6.45) is 7.02. The van der Waals surface area contributed by atoms with Gasteiger partial charge in [-0.1, -0.05) is 73.9 Å². The molecule has 0 unspecified atom stereocenters. The Balaban J connectivity index is 1.52. The lowest BCUT2D eigenvalue weighted by molar-refractivity contribution is 0.202. The number of nitrogens with zero attached hydrogens (tertiary/aromatic N) is 1. The van der Waals surface area contributed by atoms with Gasteiger partial charge in [-0.15, -0.1) is 0 Å². The van der Waals surface area contributed by atoms with Crippen molar-refractivity contribution in [2.45, 2.75) is 32.1 Å². The fraction of sp³-hybridized carbons (Fsp3) is 0.409. The second-order valence-electron chi connectivity index (χ2n) is 7.38. The van der Waals surface area contributed by atoms with E-state index in [-0.39, 0.29) is 0 Å². The molecule has 1 saturated heterocycles. The summed E-state index contributed by atoms with van der Waals surface area (Å²) in [5.41, 5.74) is 3.49. The van der Waals surface area contributed by atoms with Crippen molar-refractivity contribution in [3.63, 3.8) is 0 Å². The van der Waals surface area contributed by atoms with Gasteiger partial charge in [-0.25, -0.2) is 0 Å². The number of piperidine rings is 1. The van der Waals surface area contributed by atoms with E-state index in [1.807, 2.05) is 18.2 Å². The first-order valence-corrected chi connectivity index (χ1v) is 9.92. The van der Waals surface area contributed by atoms with Crippen LogP contribution in [0.5, 0.6) is 0 Å². The Morgan fingerprint density at radius 1 is 0.880 bits per heavy atom. The van der Waals surface area contributed by atoms with Crippen molar-refractivity contribution in [3.8, 4) is 0 Å². The molecular formula is C22H26N2S. The lowest BCUT2D eigenvalue weighted by Gasteiger charge is -2.42. The largest absolute Gasteiger partial charge is 0.370 e. The predicted molar refractivity (Wildman–Crippen MR) is 110 cm³/mol. The molecule has 2 aromatic rings. The van der Waals surface area contributed by atoms with Crippen LogP contribution in [0.15, 0.2) is 54.6 Å². The van der Waals surface area contributed by atoms with Gasteiger partial charge in [0.2, 0.25) is 0 Å². The van der Waals surface area contributed by atoms with Gasteiger partial charge in [-0.2, -0.15) is 0 Å². The molecule has 1 N–H and O–H groups in total. The van der Waals surface area contributed by atoms with Gasteiger partial charge in [0.15, 0.2) is 0 Å². The molecule has 2 atom stereocenters. The number of benzene rings is 2. The van der Waals surface area contributed by atoms with E-state index >= 15 is 0 Å². The quantitative estimate of drug-likeness (QED) is 0.737. The van der Waals surface area contributed by atoms with E-state index in [2.05, 4.69) is 46.6 Å². The molecule has 1 heterocycles. The van der Waals surface area contributed by atoms with Crippen molar-refractivity contribution in [1.82, 2.24) is 0 Å². The zero-order valence-electron chi connectivity index (χ0n) is 14.7. The van der Waals surface area contributed by atoms with Crippen LogP contribution in [0.2, 0.25) is 0 Å². The van der Waals surface area contributed by atoms with Crippen molar-refractivity contribution >= 4 is 28.6 Å². The third kappa shape index (κ3) is 3.72. The Morgan fingerprint density at radius 2 is 1.60 bits per heavy atom. The smallest absolute Gasteiger partial charge is 0.111 e. The van der Waals surface area contributed by atoms with E-state index in [0.717, 1.165) is 34.6 Å². The van der Waals surface area contributed by atoms with E-state index in [1.54, 1.807) is 0 Å². The molecule has 0 spiro atoms. The molecule has 3 heteroatoms. The van der Waals surface area contributed by atoms with Crippen molar-refractivity contribution in [3.05, 3.63) is 60.2 Å². The second kappa shape index (κ2) is 7.57. The molecule has 1 saturated carbocycles. The third-order valence-corrected chi connectivity index (χ3v) is 6.16. The van der Waals surface area contributed by atoms with Crippen LogP contribution in [0.25, 0.3) is 0 Å². The fourth-order valence-electron chi connectivity index (χ4n) is 4.46. The molecule has 1 aliphatic heterocycles. The number of hydrogen-bond acceptors (Lipinski definition) is 2. The van der Waals surface area contributed by atoms with Crippen molar-refractivity contribution in [2.75, 3.05) is 23.3 Å². The van der Waals surface area contributed by atoms with Crippen LogP contribution in [0, 0.1) is 11.8 Å². The molecule has 2 aromatic carbocycles. The molecule has 0 amide bonds. The van der Waals surface area contributed by atoms with Gasteiger partial charge in [-0.05, 0) is 36.8 Å². The minimum Gasteiger partial charge on any atom is -0.370 e. The Bertz CT molecular complexity index is 728. The zero-order valence-corrected chi connectivity index (χ0v) is 15.5. The highest BCUT2D eigenvalue weighted by atomic mass is 32.1. The van der Waals surface area contributed by atoms with Crippen LogP contribution in [-0.2, 0) is 0 Å². The average Bonchev–Trinajstić information content (AvgIpc) is 2.69. The number of anilines is 2. The SMILES string of the molecule is S=C(Nc1ccccc1N1CC[C@@H]2CCCC[C@@H]2C1)c1ccccc1. The van der Waals surface area contributed by atoms with Crippen molar-refractivity contribution in [2.24, 2.45) is 11.8 Å². The Hall–Kier alpha value is -1.87. The van der Waals surface area contributed by atoms with Gasteiger partial charge in [0, 0.05) is 18.7 Å². The molecule has 130 valence electrons. The van der Waals surface area contributed by atoms with E-state index in [9.17, 15) is 0 Å². The number of nitrogens with one attached hydrogen (secondary N) is 1. The molecule has 2 fully saturated rings. The Kier molecular flexibility index (Phi) is 5.02. The van der Waals surface area contributed by atoms with E-state index in [1.165, 1.54) is 44.3 Å². The van der Waals surface area contributed by atoms with Crippen LogP contribution in [-0.4, -0.2) is 18.1 Å². The van der Waals surface area contributed by atoms with Crippen LogP contribution < -0.4 is 10.2 Å². The van der Waals surface area contributed by atoms with Gasteiger partial charge in [0.25, 0.3) is 0 Å². The summed E-state index contributed by atoms with van der Waals surface area (Å²) in [6.45, 7) is 2.36. The number of fused-ring (bicyclic) bond motifs is 1. The molecule has 1 aliphatic carbocycles. The van der Waals surface area contributed by atoms with Crippen LogP contribution in [0.4, 0.5) is 11.4 Å². The minimum absolute atomic E-state index is 0.792. The summed E-state index contributed by atoms with van der Waals surface area (Å²) in [5.74, 6) is 1.83. The van der Waals surface area contributed by atoms with Crippen LogP contribution >= 0.6 is 12.2 Å². The number of para-hydroxylation sites is 2. The number of hydrogen-bond donors (Lipinski definition) is 1. The normalized spacial score (nSPS) is 23.0. The van der Waals surface area contributed by atoms with Crippen molar-refractivity contribution in [1.29, 1.82) is 0 Å². The minimum atomic E-state index is 0.792. The first-order chi connectivity index (χ1) is 12.3. The summed E-state index contributed by atoms with van der Waals surface area (Å²) < 4.78 is 0. The maximum absolute atomic E-state index is 5.63. The van der Waals surface area contributed by atoms with E-state index < -0.39 is 0 Å². The summed E-state index contributed by atoms with van der Waals surface area (Å²) in [6, 6.07) is 18.8. The van der Waals surface area contributed by atoms with E-state index in [4.69, 9.17) is 12.2 Å². The van der Waals surface area contributed by atoms with Gasteiger partial charge in [0.05, 0.1) is 11.4 Å². The van der Waals surface area contributed by atoms with Crippen LogP contribution in [0.1, 0.15) is 37.7 Å². The van der Waals surface area contributed by atoms with Crippen molar-refractivity contribution < 1.29 is 0 Å². The Morgan fingerprint density at radius 3 is 2.44 bits per heavy atom. The molecule has 0 radical (unpaired) electrons. The summed E-state index contributed by atoms with van der Waals surface area (Å²) in [7, 11) is 0. The highest BCUT2D eigenvalue weighted by molar-refractivity contribution is 7.81. The fourth-order valence-corrected chi connectivity index (χ4v) is 4.70. The molecular weight excluding hydrogens is 324 g/mol. The van der Waals surface area contributed by atoms with Gasteiger partial charge >= 0.3 is 0 Å².